The molecule has 0 atom stereocenters. The van der Waals surface area contributed by atoms with Gasteiger partial charge in [0.05, 0.1) is 17.9 Å². The fourth-order valence-corrected chi connectivity index (χ4v) is 3.59. The van der Waals surface area contributed by atoms with E-state index in [1.807, 2.05) is 38.1 Å². The third-order valence-corrected chi connectivity index (χ3v) is 5.07. The lowest BCUT2D eigenvalue weighted by Crippen LogP contribution is -2.32. The van der Waals surface area contributed by atoms with Crippen LogP contribution in [-0.2, 0) is 9.59 Å². The Morgan fingerprint density at radius 1 is 0.938 bits per heavy atom. The molecule has 0 aromatic heterocycles. The van der Waals surface area contributed by atoms with Gasteiger partial charge in [0.15, 0.2) is 0 Å². The van der Waals surface area contributed by atoms with Crippen molar-refractivity contribution >= 4 is 28.8 Å². The third-order valence-electron chi connectivity index (χ3n) is 5.07. The summed E-state index contributed by atoms with van der Waals surface area (Å²) >= 11 is 0. The van der Waals surface area contributed by atoms with Gasteiger partial charge in [0.1, 0.15) is 17.3 Å². The molecule has 1 N–H and O–H groups in total. The second-order valence-corrected chi connectivity index (χ2v) is 7.51. The van der Waals surface area contributed by atoms with Gasteiger partial charge in [0, 0.05) is 5.69 Å². The maximum absolute atomic E-state index is 13.6. The van der Waals surface area contributed by atoms with Crippen molar-refractivity contribution in [3.8, 4) is 5.75 Å². The summed E-state index contributed by atoms with van der Waals surface area (Å²) in [6, 6.07) is 20.0. The van der Waals surface area contributed by atoms with Gasteiger partial charge in [-0.3, -0.25) is 9.59 Å². The molecular formula is C26H23FN2O3. The van der Waals surface area contributed by atoms with E-state index in [4.69, 9.17) is 4.74 Å². The summed E-state index contributed by atoms with van der Waals surface area (Å²) in [6.45, 7) is 4.38. The molecule has 0 unspecified atom stereocenters. The molecule has 32 heavy (non-hydrogen) atoms. The zero-order valence-corrected chi connectivity index (χ0v) is 17.9. The van der Waals surface area contributed by atoms with Crippen molar-refractivity contribution in [2.24, 2.45) is 0 Å². The molecule has 6 heteroatoms. The number of benzene rings is 3. The van der Waals surface area contributed by atoms with E-state index >= 15 is 0 Å². The number of carbonyl (C=O) groups excluding carboxylic acids is 2. The second kappa shape index (κ2) is 9.06. The van der Waals surface area contributed by atoms with Gasteiger partial charge in [0.25, 0.3) is 11.8 Å². The molecule has 0 spiro atoms. The molecule has 0 bridgehead atoms. The van der Waals surface area contributed by atoms with E-state index in [0.29, 0.717) is 29.3 Å². The first-order valence-electron chi connectivity index (χ1n) is 10.4. The highest BCUT2D eigenvalue weighted by Gasteiger charge is 2.41. The van der Waals surface area contributed by atoms with Crippen LogP contribution in [0.15, 0.2) is 78.5 Å². The number of imide groups is 1. The number of rotatable bonds is 7. The standard InChI is InChI=1S/C26H23FN2O3/c1-3-15-32-22-10-5-4-9-21(22)29-25(30)23(18-11-13-19(27)14-12-18)24(26(29)31)28-20-8-6-7-17(2)16-20/h4-14,16,28H,3,15H2,1-2H3. The number of ether oxygens (including phenoxy) is 1. The van der Waals surface area contributed by atoms with E-state index in [2.05, 4.69) is 5.32 Å². The fraction of sp³-hybridized carbons (Fsp3) is 0.154. The molecule has 0 saturated carbocycles. The molecule has 3 aromatic carbocycles. The lowest BCUT2D eigenvalue weighted by Gasteiger charge is -2.19. The van der Waals surface area contributed by atoms with Gasteiger partial charge in [-0.05, 0) is 60.9 Å². The number of nitrogens with zero attached hydrogens (tertiary/aromatic N) is 1. The summed E-state index contributed by atoms with van der Waals surface area (Å²) in [4.78, 5) is 28.2. The van der Waals surface area contributed by atoms with Gasteiger partial charge in [0.2, 0.25) is 0 Å². The Morgan fingerprint density at radius 3 is 2.41 bits per heavy atom. The maximum atomic E-state index is 13.6. The largest absolute Gasteiger partial charge is 0.491 e. The first-order valence-corrected chi connectivity index (χ1v) is 10.4. The first-order chi connectivity index (χ1) is 15.5. The van der Waals surface area contributed by atoms with E-state index in [1.165, 1.54) is 24.3 Å². The van der Waals surface area contributed by atoms with E-state index in [-0.39, 0.29) is 11.3 Å². The number of nitrogens with one attached hydrogen (secondary N) is 1. The number of para-hydroxylation sites is 2. The molecule has 0 fully saturated rings. The van der Waals surface area contributed by atoms with Gasteiger partial charge in [-0.25, -0.2) is 9.29 Å². The minimum Gasteiger partial charge on any atom is -0.491 e. The predicted molar refractivity (Wildman–Crippen MR) is 123 cm³/mol. The molecule has 0 aliphatic carbocycles. The Labute approximate surface area is 186 Å². The minimum absolute atomic E-state index is 0.137. The number of hydrogen-bond acceptors (Lipinski definition) is 4. The summed E-state index contributed by atoms with van der Waals surface area (Å²) in [6.07, 6.45) is 0.787. The molecular weight excluding hydrogens is 407 g/mol. The highest BCUT2D eigenvalue weighted by Crippen LogP contribution is 2.38. The molecule has 4 rings (SSSR count). The Bertz CT molecular complexity index is 1200. The van der Waals surface area contributed by atoms with Gasteiger partial charge in [-0.1, -0.05) is 43.3 Å². The van der Waals surface area contributed by atoms with Crippen molar-refractivity contribution in [3.05, 3.63) is 95.4 Å². The molecule has 1 aliphatic heterocycles. The Hall–Kier alpha value is -3.93. The number of aryl methyl sites for hydroxylation is 1. The third kappa shape index (κ3) is 4.12. The van der Waals surface area contributed by atoms with Crippen LogP contribution in [0.25, 0.3) is 5.57 Å². The van der Waals surface area contributed by atoms with Crippen LogP contribution in [-0.4, -0.2) is 18.4 Å². The van der Waals surface area contributed by atoms with Crippen LogP contribution in [0.5, 0.6) is 5.75 Å². The molecule has 3 aromatic rings. The number of carbonyl (C=O) groups is 2. The van der Waals surface area contributed by atoms with E-state index < -0.39 is 17.6 Å². The summed E-state index contributed by atoms with van der Waals surface area (Å²) in [5.74, 6) is -0.964. The number of amides is 2. The predicted octanol–water partition coefficient (Wildman–Crippen LogP) is 5.32. The van der Waals surface area contributed by atoms with Crippen molar-refractivity contribution in [1.29, 1.82) is 0 Å². The normalized spacial score (nSPS) is 13.7. The topological polar surface area (TPSA) is 58.6 Å². The van der Waals surface area contributed by atoms with Gasteiger partial charge in [-0.15, -0.1) is 0 Å². The molecule has 0 saturated heterocycles. The molecule has 1 aliphatic rings. The van der Waals surface area contributed by atoms with Crippen molar-refractivity contribution in [2.45, 2.75) is 20.3 Å². The number of anilines is 2. The van der Waals surface area contributed by atoms with Crippen LogP contribution in [0.4, 0.5) is 15.8 Å². The van der Waals surface area contributed by atoms with Crippen LogP contribution in [0.1, 0.15) is 24.5 Å². The van der Waals surface area contributed by atoms with Gasteiger partial charge < -0.3 is 10.1 Å². The Morgan fingerprint density at radius 2 is 1.69 bits per heavy atom. The summed E-state index contributed by atoms with van der Waals surface area (Å²) in [5, 5.41) is 3.12. The molecule has 2 amide bonds. The van der Waals surface area contributed by atoms with Gasteiger partial charge in [-0.2, -0.15) is 0 Å². The monoisotopic (exact) mass is 430 g/mol. The molecule has 162 valence electrons. The van der Waals surface area contributed by atoms with Crippen LogP contribution in [0.3, 0.4) is 0 Å². The second-order valence-electron chi connectivity index (χ2n) is 7.51. The van der Waals surface area contributed by atoms with Crippen LogP contribution in [0.2, 0.25) is 0 Å². The van der Waals surface area contributed by atoms with E-state index in [1.54, 1.807) is 24.3 Å². The minimum atomic E-state index is -0.497. The zero-order valence-electron chi connectivity index (χ0n) is 17.9. The molecule has 5 nitrogen and oxygen atoms in total. The van der Waals surface area contributed by atoms with Crippen molar-refractivity contribution in [1.82, 2.24) is 0 Å². The Balaban J connectivity index is 1.81. The number of hydrogen-bond donors (Lipinski definition) is 1. The SMILES string of the molecule is CCCOc1ccccc1N1C(=O)C(Nc2cccc(C)c2)=C(c2ccc(F)cc2)C1=O. The zero-order chi connectivity index (χ0) is 22.7. The highest BCUT2D eigenvalue weighted by molar-refractivity contribution is 6.46. The van der Waals surface area contributed by atoms with Crippen LogP contribution >= 0.6 is 0 Å². The highest BCUT2D eigenvalue weighted by atomic mass is 19.1. The quantitative estimate of drug-likeness (QED) is 0.516. The molecule has 1 heterocycles. The smallest absolute Gasteiger partial charge is 0.282 e. The lowest BCUT2D eigenvalue weighted by molar-refractivity contribution is -0.120. The summed E-state index contributed by atoms with van der Waals surface area (Å²) in [5.41, 5.74) is 2.83. The number of halogens is 1. The average Bonchev–Trinajstić information content (AvgIpc) is 3.02. The van der Waals surface area contributed by atoms with E-state index in [9.17, 15) is 14.0 Å². The van der Waals surface area contributed by atoms with Crippen molar-refractivity contribution < 1.29 is 18.7 Å². The molecule has 0 radical (unpaired) electrons. The van der Waals surface area contributed by atoms with Gasteiger partial charge >= 0.3 is 0 Å². The van der Waals surface area contributed by atoms with Crippen LogP contribution in [0, 0.1) is 12.7 Å². The van der Waals surface area contributed by atoms with E-state index in [0.717, 1.165) is 16.9 Å². The maximum Gasteiger partial charge on any atom is 0.282 e. The summed E-state index contributed by atoms with van der Waals surface area (Å²) in [7, 11) is 0. The first kappa shape index (κ1) is 21.3. The van der Waals surface area contributed by atoms with Crippen molar-refractivity contribution in [2.75, 3.05) is 16.8 Å². The van der Waals surface area contributed by atoms with Crippen molar-refractivity contribution in [3.63, 3.8) is 0 Å². The lowest BCUT2D eigenvalue weighted by atomic mass is 10.0. The van der Waals surface area contributed by atoms with Crippen LogP contribution < -0.4 is 15.0 Å². The Kier molecular flexibility index (Phi) is 6.03. The fourth-order valence-electron chi connectivity index (χ4n) is 3.59. The summed E-state index contributed by atoms with van der Waals surface area (Å²) < 4.78 is 19.3. The average molecular weight is 430 g/mol.